The van der Waals surface area contributed by atoms with Crippen LogP contribution in [0.4, 0.5) is 0 Å². The minimum atomic E-state index is 1.07. The molecular formula is C19H24N2O2. The molecule has 0 spiro atoms. The number of hydrogen-bond donors (Lipinski definition) is 1. The second-order valence-corrected chi connectivity index (χ2v) is 4.71. The van der Waals surface area contributed by atoms with Crippen molar-refractivity contribution in [1.82, 2.24) is 10.2 Å². The molecule has 0 aliphatic rings. The minimum absolute atomic E-state index is 1.07. The van der Waals surface area contributed by atoms with Crippen molar-refractivity contribution in [2.45, 2.75) is 0 Å². The lowest BCUT2D eigenvalue weighted by molar-refractivity contribution is 0.277. The number of ether oxygens (including phenoxy) is 2. The van der Waals surface area contributed by atoms with Crippen molar-refractivity contribution >= 4 is 0 Å². The first kappa shape index (κ1) is 18.6. The van der Waals surface area contributed by atoms with Crippen LogP contribution in [0.1, 0.15) is 0 Å². The second-order valence-electron chi connectivity index (χ2n) is 4.71. The third-order valence-electron chi connectivity index (χ3n) is 2.79. The Morgan fingerprint density at radius 3 is 1.61 bits per heavy atom. The summed E-state index contributed by atoms with van der Waals surface area (Å²) in [5.74, 6) is 0. The Bertz CT molecular complexity index is 581. The molecular weight excluding hydrogens is 288 g/mol. The van der Waals surface area contributed by atoms with E-state index in [-0.39, 0.29) is 0 Å². The zero-order chi connectivity index (χ0) is 16.9. The maximum Gasteiger partial charge on any atom is 0.0728 e. The maximum atomic E-state index is 4.25. The van der Waals surface area contributed by atoms with E-state index in [1.54, 1.807) is 28.4 Å². The summed E-state index contributed by atoms with van der Waals surface area (Å²) < 4.78 is 8.50. The summed E-state index contributed by atoms with van der Waals surface area (Å²) in [5, 5.41) is 7.22. The van der Waals surface area contributed by atoms with Crippen LogP contribution < -0.4 is 0 Å². The van der Waals surface area contributed by atoms with E-state index in [4.69, 9.17) is 0 Å². The van der Waals surface area contributed by atoms with Crippen molar-refractivity contribution in [3.63, 3.8) is 0 Å². The molecule has 0 saturated heterocycles. The molecule has 4 heteroatoms. The third-order valence-corrected chi connectivity index (χ3v) is 2.79. The Morgan fingerprint density at radius 2 is 1.13 bits per heavy atom. The second kappa shape index (κ2) is 11.2. The van der Waals surface area contributed by atoms with E-state index in [1.807, 2.05) is 42.6 Å². The van der Waals surface area contributed by atoms with Crippen molar-refractivity contribution in [3.05, 3.63) is 66.9 Å². The number of benzene rings is 2. The number of nitrogens with one attached hydrogen (secondary N) is 1. The first-order chi connectivity index (χ1) is 11.3. The van der Waals surface area contributed by atoms with E-state index in [1.165, 1.54) is 5.56 Å². The van der Waals surface area contributed by atoms with Crippen LogP contribution in [-0.2, 0) is 9.47 Å². The molecule has 1 aromatic heterocycles. The molecule has 2 aromatic carbocycles. The fourth-order valence-corrected chi connectivity index (χ4v) is 1.95. The first-order valence-electron chi connectivity index (χ1n) is 7.22. The highest BCUT2D eigenvalue weighted by molar-refractivity contribution is 5.80. The van der Waals surface area contributed by atoms with Crippen LogP contribution in [0.5, 0.6) is 0 Å². The van der Waals surface area contributed by atoms with E-state index in [0.29, 0.717) is 0 Å². The van der Waals surface area contributed by atoms with Gasteiger partial charge in [-0.3, -0.25) is 5.10 Å². The fourth-order valence-electron chi connectivity index (χ4n) is 1.95. The molecule has 0 amide bonds. The Labute approximate surface area is 138 Å². The summed E-state index contributed by atoms with van der Waals surface area (Å²) in [7, 11) is 6.50. The quantitative estimate of drug-likeness (QED) is 0.768. The van der Waals surface area contributed by atoms with Gasteiger partial charge in [-0.05, 0) is 5.56 Å². The number of rotatable bonds is 2. The summed E-state index contributed by atoms with van der Waals surface area (Å²) in [5.41, 5.74) is 4.54. The van der Waals surface area contributed by atoms with Gasteiger partial charge >= 0.3 is 0 Å². The van der Waals surface area contributed by atoms with Crippen molar-refractivity contribution in [2.75, 3.05) is 28.4 Å². The van der Waals surface area contributed by atoms with Crippen molar-refractivity contribution < 1.29 is 9.47 Å². The van der Waals surface area contributed by atoms with E-state index >= 15 is 0 Å². The van der Waals surface area contributed by atoms with Crippen molar-refractivity contribution in [2.24, 2.45) is 0 Å². The Kier molecular flexibility index (Phi) is 9.05. The van der Waals surface area contributed by atoms with Gasteiger partial charge in [0.15, 0.2) is 0 Å². The van der Waals surface area contributed by atoms with E-state index in [2.05, 4.69) is 43.9 Å². The zero-order valence-corrected chi connectivity index (χ0v) is 14.1. The SMILES string of the molecule is COC.COC.c1ccc(-c2cn[nH]c2-c2ccccc2)cc1. The average Bonchev–Trinajstić information content (AvgIpc) is 3.08. The van der Waals surface area contributed by atoms with Gasteiger partial charge in [0.05, 0.1) is 11.9 Å². The molecule has 0 atom stereocenters. The lowest BCUT2D eigenvalue weighted by Gasteiger charge is -2.02. The predicted octanol–water partition coefficient (Wildman–Crippen LogP) is 4.27. The molecule has 0 aliphatic carbocycles. The third kappa shape index (κ3) is 6.06. The maximum absolute atomic E-state index is 4.25. The normalized spacial score (nSPS) is 9.22. The monoisotopic (exact) mass is 312 g/mol. The van der Waals surface area contributed by atoms with Gasteiger partial charge in [-0.1, -0.05) is 60.7 Å². The van der Waals surface area contributed by atoms with Crippen molar-refractivity contribution in [1.29, 1.82) is 0 Å². The van der Waals surface area contributed by atoms with E-state index < -0.39 is 0 Å². The van der Waals surface area contributed by atoms with Crippen LogP contribution in [-0.4, -0.2) is 38.6 Å². The number of aromatic nitrogens is 2. The van der Waals surface area contributed by atoms with Crippen LogP contribution in [0, 0.1) is 0 Å². The van der Waals surface area contributed by atoms with Crippen molar-refractivity contribution in [3.8, 4) is 22.4 Å². The molecule has 23 heavy (non-hydrogen) atoms. The molecule has 0 saturated carbocycles. The van der Waals surface area contributed by atoms with Gasteiger partial charge < -0.3 is 9.47 Å². The number of aromatic amines is 1. The van der Waals surface area contributed by atoms with Crippen LogP contribution in [0.3, 0.4) is 0 Å². The lowest BCUT2D eigenvalue weighted by atomic mass is 10.0. The Balaban J connectivity index is 0.000000387. The highest BCUT2D eigenvalue weighted by Crippen LogP contribution is 2.29. The summed E-state index contributed by atoms with van der Waals surface area (Å²) in [6.07, 6.45) is 1.87. The number of nitrogens with zero attached hydrogens (tertiary/aromatic N) is 1. The Hall–Kier alpha value is -2.43. The van der Waals surface area contributed by atoms with E-state index in [9.17, 15) is 0 Å². The smallest absolute Gasteiger partial charge is 0.0728 e. The van der Waals surface area contributed by atoms with Gasteiger partial charge in [0, 0.05) is 39.6 Å². The average molecular weight is 312 g/mol. The fraction of sp³-hybridized carbons (Fsp3) is 0.211. The van der Waals surface area contributed by atoms with Gasteiger partial charge in [0.1, 0.15) is 0 Å². The van der Waals surface area contributed by atoms with Crippen LogP contribution in [0.25, 0.3) is 22.4 Å². The molecule has 0 aliphatic heterocycles. The summed E-state index contributed by atoms with van der Waals surface area (Å²) in [6, 6.07) is 20.5. The molecule has 1 N–H and O–H groups in total. The van der Waals surface area contributed by atoms with Gasteiger partial charge in [-0.15, -0.1) is 0 Å². The molecule has 3 aromatic rings. The molecule has 0 unspecified atom stereocenters. The van der Waals surface area contributed by atoms with Crippen LogP contribution in [0.15, 0.2) is 66.9 Å². The van der Waals surface area contributed by atoms with E-state index in [0.717, 1.165) is 16.8 Å². The predicted molar refractivity (Wildman–Crippen MR) is 95.3 cm³/mol. The molecule has 0 bridgehead atoms. The van der Waals surface area contributed by atoms with Crippen LogP contribution in [0.2, 0.25) is 0 Å². The number of methoxy groups -OCH3 is 2. The highest BCUT2D eigenvalue weighted by Gasteiger charge is 2.08. The molecule has 0 fully saturated rings. The Morgan fingerprint density at radius 1 is 0.696 bits per heavy atom. The number of hydrogen-bond acceptors (Lipinski definition) is 3. The molecule has 3 rings (SSSR count). The van der Waals surface area contributed by atoms with Gasteiger partial charge in [0.25, 0.3) is 0 Å². The molecule has 0 radical (unpaired) electrons. The molecule has 1 heterocycles. The molecule has 122 valence electrons. The summed E-state index contributed by atoms with van der Waals surface area (Å²) in [6.45, 7) is 0. The van der Waals surface area contributed by atoms with Crippen LogP contribution >= 0.6 is 0 Å². The topological polar surface area (TPSA) is 47.1 Å². The highest BCUT2D eigenvalue weighted by atomic mass is 16.5. The minimum Gasteiger partial charge on any atom is -0.388 e. The van der Waals surface area contributed by atoms with Gasteiger partial charge in [0.2, 0.25) is 0 Å². The number of H-pyrrole nitrogens is 1. The first-order valence-corrected chi connectivity index (χ1v) is 7.22. The zero-order valence-electron chi connectivity index (χ0n) is 14.1. The summed E-state index contributed by atoms with van der Waals surface area (Å²) >= 11 is 0. The van der Waals surface area contributed by atoms with Gasteiger partial charge in [-0.25, -0.2) is 0 Å². The standard InChI is InChI=1S/C15H12N2.2C2H6O/c1-3-7-12(8-4-1)14-11-16-17-15(14)13-9-5-2-6-10-13;2*1-3-2/h1-11H,(H,16,17);2*1-2H3. The van der Waals surface area contributed by atoms with Gasteiger partial charge in [-0.2, -0.15) is 5.10 Å². The molecule has 4 nitrogen and oxygen atoms in total. The largest absolute Gasteiger partial charge is 0.388 e. The summed E-state index contributed by atoms with van der Waals surface area (Å²) in [4.78, 5) is 0. The lowest BCUT2D eigenvalue weighted by Crippen LogP contribution is -1.81.